The number of amides is 4. The first-order valence-electron chi connectivity index (χ1n) is 7.87. The fourth-order valence-electron chi connectivity index (χ4n) is 2.36. The Labute approximate surface area is 151 Å². The van der Waals surface area contributed by atoms with E-state index in [1.165, 1.54) is 12.3 Å². The van der Waals surface area contributed by atoms with Gasteiger partial charge in [0.1, 0.15) is 11.8 Å². The first-order valence-corrected chi connectivity index (χ1v) is 7.87. The molecule has 1 saturated heterocycles. The maximum Gasteiger partial charge on any atom is 0.322 e. The minimum atomic E-state index is -1.06. The van der Waals surface area contributed by atoms with Crippen LogP contribution in [0.25, 0.3) is 0 Å². The zero-order valence-corrected chi connectivity index (χ0v) is 13.8. The van der Waals surface area contributed by atoms with Gasteiger partial charge in [-0.2, -0.15) is 0 Å². The fraction of sp³-hybridized carbons (Fsp3) is 0.176. The summed E-state index contributed by atoms with van der Waals surface area (Å²) in [6.45, 7) is 0.0218. The van der Waals surface area contributed by atoms with Crippen LogP contribution in [0.3, 0.4) is 0 Å². The van der Waals surface area contributed by atoms with Gasteiger partial charge in [0.05, 0.1) is 6.42 Å². The molecule has 1 aliphatic heterocycles. The third-order valence-corrected chi connectivity index (χ3v) is 3.68. The Kier molecular flexibility index (Phi) is 5.25. The van der Waals surface area contributed by atoms with Gasteiger partial charge in [0.25, 0.3) is 5.91 Å². The molecule has 0 bridgehead atoms. The highest BCUT2D eigenvalue weighted by molar-refractivity contribution is 6.05. The SMILES string of the molecule is O=C(C[C@H]1NC(=O)NC1=O)NCc1cccnc1Oc1ccc(F)c(F)c1. The molecule has 10 heteroatoms. The maximum atomic E-state index is 13.3. The Morgan fingerprint density at radius 2 is 2.04 bits per heavy atom. The molecular weight excluding hydrogens is 362 g/mol. The van der Waals surface area contributed by atoms with Crippen molar-refractivity contribution >= 4 is 17.8 Å². The van der Waals surface area contributed by atoms with Crippen LogP contribution in [0, 0.1) is 11.6 Å². The van der Waals surface area contributed by atoms with Gasteiger partial charge in [-0.3, -0.25) is 14.9 Å². The van der Waals surface area contributed by atoms with Crippen molar-refractivity contribution in [2.24, 2.45) is 0 Å². The van der Waals surface area contributed by atoms with E-state index >= 15 is 0 Å². The Balaban J connectivity index is 1.62. The smallest absolute Gasteiger partial charge is 0.322 e. The van der Waals surface area contributed by atoms with Crippen molar-refractivity contribution in [3.8, 4) is 11.6 Å². The quantitative estimate of drug-likeness (QED) is 0.660. The van der Waals surface area contributed by atoms with Crippen molar-refractivity contribution in [3.63, 3.8) is 0 Å². The standard InChI is InChI=1S/C17H14F2N4O4/c18-11-4-3-10(6-12(11)19)27-16-9(2-1-5-20-16)8-21-14(24)7-13-15(25)23-17(26)22-13/h1-6,13H,7-8H2,(H,21,24)(H2,22,23,25,26)/t13-/m1/s1. The largest absolute Gasteiger partial charge is 0.439 e. The van der Waals surface area contributed by atoms with E-state index in [4.69, 9.17) is 4.74 Å². The minimum Gasteiger partial charge on any atom is -0.439 e. The van der Waals surface area contributed by atoms with Gasteiger partial charge in [-0.15, -0.1) is 0 Å². The monoisotopic (exact) mass is 376 g/mol. The van der Waals surface area contributed by atoms with Crippen LogP contribution in [-0.4, -0.2) is 28.9 Å². The molecule has 1 atom stereocenters. The van der Waals surface area contributed by atoms with Crippen LogP contribution in [-0.2, 0) is 16.1 Å². The number of imide groups is 1. The second-order valence-corrected chi connectivity index (χ2v) is 5.64. The molecule has 1 fully saturated rings. The average molecular weight is 376 g/mol. The fourth-order valence-corrected chi connectivity index (χ4v) is 2.36. The molecule has 1 aromatic heterocycles. The second kappa shape index (κ2) is 7.77. The molecule has 2 heterocycles. The normalized spacial score (nSPS) is 15.9. The van der Waals surface area contributed by atoms with E-state index in [9.17, 15) is 23.2 Å². The summed E-state index contributed by atoms with van der Waals surface area (Å²) < 4.78 is 31.7. The van der Waals surface area contributed by atoms with Crippen LogP contribution < -0.4 is 20.7 Å². The lowest BCUT2D eigenvalue weighted by atomic mass is 10.2. The first-order chi connectivity index (χ1) is 12.9. The molecule has 0 radical (unpaired) electrons. The van der Waals surface area contributed by atoms with E-state index < -0.39 is 35.5 Å². The number of aromatic nitrogens is 1. The zero-order chi connectivity index (χ0) is 19.4. The van der Waals surface area contributed by atoms with Gasteiger partial charge in [-0.25, -0.2) is 18.6 Å². The molecule has 140 valence electrons. The Morgan fingerprint density at radius 3 is 2.74 bits per heavy atom. The molecular formula is C17H14F2N4O4. The van der Waals surface area contributed by atoms with Crippen molar-refractivity contribution in [2.75, 3.05) is 0 Å². The predicted molar refractivity (Wildman–Crippen MR) is 87.6 cm³/mol. The summed E-state index contributed by atoms with van der Waals surface area (Å²) in [7, 11) is 0. The molecule has 8 nitrogen and oxygen atoms in total. The lowest BCUT2D eigenvalue weighted by molar-refractivity contribution is -0.126. The van der Waals surface area contributed by atoms with Crippen LogP contribution in [0.2, 0.25) is 0 Å². The molecule has 0 saturated carbocycles. The topological polar surface area (TPSA) is 109 Å². The number of rotatable bonds is 6. The number of urea groups is 1. The number of carbonyl (C=O) groups excluding carboxylic acids is 3. The van der Waals surface area contributed by atoms with Crippen molar-refractivity contribution in [1.82, 2.24) is 20.9 Å². The van der Waals surface area contributed by atoms with E-state index in [0.717, 1.165) is 12.1 Å². The molecule has 3 N–H and O–H groups in total. The van der Waals surface area contributed by atoms with Crippen LogP contribution in [0.1, 0.15) is 12.0 Å². The second-order valence-electron chi connectivity index (χ2n) is 5.64. The number of carbonyl (C=O) groups is 3. The first kappa shape index (κ1) is 18.2. The summed E-state index contributed by atoms with van der Waals surface area (Å²) in [4.78, 5) is 38.5. The Bertz CT molecular complexity index is 906. The molecule has 3 rings (SSSR count). The lowest BCUT2D eigenvalue weighted by Crippen LogP contribution is -2.36. The molecule has 0 aliphatic carbocycles. The van der Waals surface area contributed by atoms with Crippen molar-refractivity contribution in [3.05, 3.63) is 53.7 Å². The van der Waals surface area contributed by atoms with Gasteiger partial charge >= 0.3 is 6.03 Å². The Hall–Kier alpha value is -3.56. The van der Waals surface area contributed by atoms with Gasteiger partial charge in [-0.1, -0.05) is 6.07 Å². The summed E-state index contributed by atoms with van der Waals surface area (Å²) in [6.07, 6.45) is 1.22. The summed E-state index contributed by atoms with van der Waals surface area (Å²) in [6, 6.07) is 4.73. The molecule has 1 aromatic carbocycles. The van der Waals surface area contributed by atoms with Gasteiger partial charge in [0.15, 0.2) is 11.6 Å². The van der Waals surface area contributed by atoms with Crippen LogP contribution in [0.15, 0.2) is 36.5 Å². The average Bonchev–Trinajstić information content (AvgIpc) is 2.94. The molecule has 27 heavy (non-hydrogen) atoms. The van der Waals surface area contributed by atoms with Crippen LogP contribution >= 0.6 is 0 Å². The number of nitrogens with one attached hydrogen (secondary N) is 3. The predicted octanol–water partition coefficient (Wildman–Crippen LogP) is 1.37. The van der Waals surface area contributed by atoms with Gasteiger partial charge < -0.3 is 15.4 Å². The minimum absolute atomic E-state index is 0.0218. The lowest BCUT2D eigenvalue weighted by Gasteiger charge is -2.12. The van der Waals surface area contributed by atoms with E-state index in [0.29, 0.717) is 5.56 Å². The highest BCUT2D eigenvalue weighted by Gasteiger charge is 2.31. The number of halogens is 2. The molecule has 0 unspecified atom stereocenters. The highest BCUT2D eigenvalue weighted by Crippen LogP contribution is 2.24. The molecule has 0 spiro atoms. The van der Waals surface area contributed by atoms with E-state index in [1.54, 1.807) is 12.1 Å². The summed E-state index contributed by atoms with van der Waals surface area (Å²) in [5, 5.41) is 6.94. The van der Waals surface area contributed by atoms with E-state index in [2.05, 4.69) is 15.6 Å². The summed E-state index contributed by atoms with van der Waals surface area (Å²) in [5.41, 5.74) is 0.482. The van der Waals surface area contributed by atoms with Gasteiger partial charge in [0, 0.05) is 24.4 Å². The number of hydrogen-bond acceptors (Lipinski definition) is 5. The maximum absolute atomic E-state index is 13.3. The highest BCUT2D eigenvalue weighted by atomic mass is 19.2. The number of ether oxygens (including phenoxy) is 1. The summed E-state index contributed by atoms with van der Waals surface area (Å²) in [5.74, 6) is -2.95. The van der Waals surface area contributed by atoms with E-state index in [-0.39, 0.29) is 24.6 Å². The van der Waals surface area contributed by atoms with E-state index in [1.807, 2.05) is 5.32 Å². The number of pyridine rings is 1. The van der Waals surface area contributed by atoms with Crippen molar-refractivity contribution < 1.29 is 27.9 Å². The van der Waals surface area contributed by atoms with Gasteiger partial charge in [0.2, 0.25) is 11.8 Å². The van der Waals surface area contributed by atoms with Gasteiger partial charge in [-0.05, 0) is 18.2 Å². The zero-order valence-electron chi connectivity index (χ0n) is 13.8. The molecule has 2 aromatic rings. The third kappa shape index (κ3) is 4.54. The number of benzene rings is 1. The van der Waals surface area contributed by atoms with Crippen molar-refractivity contribution in [1.29, 1.82) is 0 Å². The Morgan fingerprint density at radius 1 is 1.22 bits per heavy atom. The number of nitrogens with zero attached hydrogens (tertiary/aromatic N) is 1. The number of hydrogen-bond donors (Lipinski definition) is 3. The van der Waals surface area contributed by atoms with Crippen LogP contribution in [0.4, 0.5) is 13.6 Å². The van der Waals surface area contributed by atoms with Crippen LogP contribution in [0.5, 0.6) is 11.6 Å². The molecule has 4 amide bonds. The molecule has 1 aliphatic rings. The van der Waals surface area contributed by atoms with Crippen molar-refractivity contribution in [2.45, 2.75) is 19.0 Å². The summed E-state index contributed by atoms with van der Waals surface area (Å²) >= 11 is 0. The third-order valence-electron chi connectivity index (χ3n) is 3.68.